The highest BCUT2D eigenvalue weighted by molar-refractivity contribution is 14.1. The molecule has 2 unspecified atom stereocenters. The highest BCUT2D eigenvalue weighted by Gasteiger charge is 2.24. The molecule has 0 aromatic heterocycles. The van der Waals surface area contributed by atoms with Crippen molar-refractivity contribution in [3.05, 3.63) is 27.8 Å². The lowest BCUT2D eigenvalue weighted by Gasteiger charge is -2.40. The SMILES string of the molecule is CCCC1CN(c2ccc(I)cc2)C(C)CN1. The summed E-state index contributed by atoms with van der Waals surface area (Å²) in [6.45, 7) is 6.79. The van der Waals surface area contributed by atoms with Gasteiger partial charge in [0.25, 0.3) is 0 Å². The standard InChI is InChI=1S/C14H21IN2/c1-3-4-13-10-17(11(2)9-16-13)14-7-5-12(15)6-8-14/h5-8,11,13,16H,3-4,9-10H2,1-2H3. The largest absolute Gasteiger partial charge is 0.366 e. The van der Waals surface area contributed by atoms with E-state index in [0.717, 1.165) is 13.1 Å². The Morgan fingerprint density at radius 1 is 1.35 bits per heavy atom. The highest BCUT2D eigenvalue weighted by atomic mass is 127. The van der Waals surface area contributed by atoms with Crippen molar-refractivity contribution >= 4 is 28.3 Å². The minimum Gasteiger partial charge on any atom is -0.366 e. The first-order valence-electron chi connectivity index (χ1n) is 6.46. The fourth-order valence-corrected chi connectivity index (χ4v) is 2.82. The Bertz CT molecular complexity index is 350. The first-order valence-corrected chi connectivity index (χ1v) is 7.54. The van der Waals surface area contributed by atoms with E-state index in [4.69, 9.17) is 0 Å². The number of piperazine rings is 1. The smallest absolute Gasteiger partial charge is 0.0387 e. The lowest BCUT2D eigenvalue weighted by molar-refractivity contribution is 0.386. The van der Waals surface area contributed by atoms with Gasteiger partial charge in [-0.1, -0.05) is 13.3 Å². The monoisotopic (exact) mass is 344 g/mol. The number of anilines is 1. The zero-order valence-electron chi connectivity index (χ0n) is 10.6. The molecule has 1 saturated heterocycles. The zero-order valence-corrected chi connectivity index (χ0v) is 12.8. The molecule has 1 N–H and O–H groups in total. The van der Waals surface area contributed by atoms with E-state index in [9.17, 15) is 0 Å². The number of hydrogen-bond acceptors (Lipinski definition) is 2. The summed E-state index contributed by atoms with van der Waals surface area (Å²) in [6, 6.07) is 10.1. The van der Waals surface area contributed by atoms with Gasteiger partial charge in [0.1, 0.15) is 0 Å². The Morgan fingerprint density at radius 3 is 2.71 bits per heavy atom. The molecule has 1 aliphatic rings. The summed E-state index contributed by atoms with van der Waals surface area (Å²) in [5, 5.41) is 3.64. The Kier molecular flexibility index (Phi) is 4.68. The van der Waals surface area contributed by atoms with Gasteiger partial charge in [0.05, 0.1) is 0 Å². The van der Waals surface area contributed by atoms with Crippen LogP contribution in [0.5, 0.6) is 0 Å². The maximum absolute atomic E-state index is 3.64. The van der Waals surface area contributed by atoms with Crippen LogP contribution < -0.4 is 10.2 Å². The van der Waals surface area contributed by atoms with E-state index >= 15 is 0 Å². The zero-order chi connectivity index (χ0) is 12.3. The summed E-state index contributed by atoms with van der Waals surface area (Å²) in [5.74, 6) is 0. The lowest BCUT2D eigenvalue weighted by atomic mass is 10.1. The molecule has 17 heavy (non-hydrogen) atoms. The molecular formula is C14H21IN2. The molecule has 0 aliphatic carbocycles. The van der Waals surface area contributed by atoms with Gasteiger partial charge in [0.15, 0.2) is 0 Å². The van der Waals surface area contributed by atoms with Crippen molar-refractivity contribution in [2.75, 3.05) is 18.0 Å². The second-order valence-corrected chi connectivity index (χ2v) is 6.12. The van der Waals surface area contributed by atoms with Crippen molar-refractivity contribution in [1.29, 1.82) is 0 Å². The van der Waals surface area contributed by atoms with Gasteiger partial charge in [0.2, 0.25) is 0 Å². The number of benzene rings is 1. The Labute approximate surface area is 118 Å². The molecule has 2 nitrogen and oxygen atoms in total. The van der Waals surface area contributed by atoms with Gasteiger partial charge in [-0.25, -0.2) is 0 Å². The lowest BCUT2D eigenvalue weighted by Crippen LogP contribution is -2.55. The van der Waals surface area contributed by atoms with Crippen LogP contribution in [0.1, 0.15) is 26.7 Å². The van der Waals surface area contributed by atoms with Crippen molar-refractivity contribution in [2.45, 2.75) is 38.8 Å². The number of nitrogens with one attached hydrogen (secondary N) is 1. The molecular weight excluding hydrogens is 323 g/mol. The van der Waals surface area contributed by atoms with Crippen LogP contribution in [0.3, 0.4) is 0 Å². The van der Waals surface area contributed by atoms with Crippen molar-refractivity contribution in [3.8, 4) is 0 Å². The van der Waals surface area contributed by atoms with E-state index in [2.05, 4.69) is 70.9 Å². The van der Waals surface area contributed by atoms with Crippen LogP contribution in [0.25, 0.3) is 0 Å². The van der Waals surface area contributed by atoms with Gasteiger partial charge < -0.3 is 10.2 Å². The predicted octanol–water partition coefficient (Wildman–Crippen LogP) is 3.26. The fraction of sp³-hybridized carbons (Fsp3) is 0.571. The minimum absolute atomic E-state index is 0.586. The minimum atomic E-state index is 0.586. The van der Waals surface area contributed by atoms with Gasteiger partial charge in [-0.3, -0.25) is 0 Å². The fourth-order valence-electron chi connectivity index (χ4n) is 2.46. The predicted molar refractivity (Wildman–Crippen MR) is 82.7 cm³/mol. The number of hydrogen-bond donors (Lipinski definition) is 1. The maximum Gasteiger partial charge on any atom is 0.0387 e. The normalized spacial score (nSPS) is 25.0. The van der Waals surface area contributed by atoms with Gasteiger partial charge in [-0.15, -0.1) is 0 Å². The second kappa shape index (κ2) is 6.05. The van der Waals surface area contributed by atoms with Crippen LogP contribution >= 0.6 is 22.6 Å². The molecule has 2 atom stereocenters. The van der Waals surface area contributed by atoms with Crippen LogP contribution in [0, 0.1) is 3.57 Å². The average molecular weight is 344 g/mol. The van der Waals surface area contributed by atoms with Crippen molar-refractivity contribution in [3.63, 3.8) is 0 Å². The maximum atomic E-state index is 3.64. The summed E-state index contributed by atoms with van der Waals surface area (Å²) in [6.07, 6.45) is 2.53. The summed E-state index contributed by atoms with van der Waals surface area (Å²) in [4.78, 5) is 2.53. The van der Waals surface area contributed by atoms with Crippen LogP contribution in [0.2, 0.25) is 0 Å². The van der Waals surface area contributed by atoms with E-state index in [-0.39, 0.29) is 0 Å². The van der Waals surface area contributed by atoms with E-state index in [1.807, 2.05) is 0 Å². The number of halogens is 1. The molecule has 0 bridgehead atoms. The quantitative estimate of drug-likeness (QED) is 0.847. The van der Waals surface area contributed by atoms with Gasteiger partial charge >= 0.3 is 0 Å². The van der Waals surface area contributed by atoms with Crippen molar-refractivity contribution in [1.82, 2.24) is 5.32 Å². The first-order chi connectivity index (χ1) is 8.20. The molecule has 0 saturated carbocycles. The van der Waals surface area contributed by atoms with Crippen LogP contribution in [-0.2, 0) is 0 Å². The third-order valence-electron chi connectivity index (χ3n) is 3.45. The molecule has 2 rings (SSSR count). The van der Waals surface area contributed by atoms with Crippen molar-refractivity contribution in [2.24, 2.45) is 0 Å². The summed E-state index contributed by atoms with van der Waals surface area (Å²) < 4.78 is 1.30. The Balaban J connectivity index is 2.09. The second-order valence-electron chi connectivity index (χ2n) is 4.87. The molecule has 3 heteroatoms. The number of rotatable bonds is 3. The molecule has 1 aromatic rings. The van der Waals surface area contributed by atoms with E-state index in [1.165, 1.54) is 22.1 Å². The number of nitrogens with zero attached hydrogens (tertiary/aromatic N) is 1. The third-order valence-corrected chi connectivity index (χ3v) is 4.17. The molecule has 1 aliphatic heterocycles. The van der Waals surface area contributed by atoms with E-state index in [1.54, 1.807) is 0 Å². The molecule has 0 amide bonds. The summed E-state index contributed by atoms with van der Waals surface area (Å²) in [5.41, 5.74) is 1.36. The Hall–Kier alpha value is -0.290. The van der Waals surface area contributed by atoms with Gasteiger partial charge in [-0.2, -0.15) is 0 Å². The highest BCUT2D eigenvalue weighted by Crippen LogP contribution is 2.21. The summed E-state index contributed by atoms with van der Waals surface area (Å²) >= 11 is 2.36. The topological polar surface area (TPSA) is 15.3 Å². The van der Waals surface area contributed by atoms with Crippen molar-refractivity contribution < 1.29 is 0 Å². The van der Waals surface area contributed by atoms with E-state index < -0.39 is 0 Å². The Morgan fingerprint density at radius 2 is 2.06 bits per heavy atom. The first kappa shape index (κ1) is 13.1. The average Bonchev–Trinajstić information content (AvgIpc) is 2.33. The molecule has 94 valence electrons. The molecule has 1 aromatic carbocycles. The molecule has 1 heterocycles. The van der Waals surface area contributed by atoms with Crippen LogP contribution in [0.4, 0.5) is 5.69 Å². The van der Waals surface area contributed by atoms with Gasteiger partial charge in [-0.05, 0) is 60.2 Å². The molecule has 0 radical (unpaired) electrons. The molecule has 0 spiro atoms. The summed E-state index contributed by atoms with van der Waals surface area (Å²) in [7, 11) is 0. The molecule has 1 fully saturated rings. The van der Waals surface area contributed by atoms with Crippen LogP contribution in [-0.4, -0.2) is 25.2 Å². The third kappa shape index (κ3) is 3.35. The van der Waals surface area contributed by atoms with E-state index in [0.29, 0.717) is 12.1 Å². The van der Waals surface area contributed by atoms with Crippen LogP contribution in [0.15, 0.2) is 24.3 Å². The van der Waals surface area contributed by atoms with Gasteiger partial charge in [0, 0.05) is 34.4 Å².